The van der Waals surface area contributed by atoms with Gasteiger partial charge < -0.3 is 10.6 Å². The maximum Gasteiger partial charge on any atom is 0.243 e. The molecule has 2 aromatic rings. The molecule has 2 rings (SSSR count). The van der Waals surface area contributed by atoms with E-state index in [1.165, 1.54) is 23.8 Å². The summed E-state index contributed by atoms with van der Waals surface area (Å²) in [5, 5.41) is 5.73. The van der Waals surface area contributed by atoms with Gasteiger partial charge >= 0.3 is 0 Å². The summed E-state index contributed by atoms with van der Waals surface area (Å²) in [4.78, 5) is 11.9. The molecule has 0 spiro atoms. The fourth-order valence-electron chi connectivity index (χ4n) is 2.05. The third kappa shape index (κ3) is 4.96. The molecule has 0 aromatic heterocycles. The van der Waals surface area contributed by atoms with Gasteiger partial charge in [-0.2, -0.15) is 0 Å². The molecule has 0 saturated heterocycles. The van der Waals surface area contributed by atoms with E-state index in [1.54, 1.807) is 0 Å². The molecule has 3 nitrogen and oxygen atoms in total. The largest absolute Gasteiger partial charge is 0.376 e. The lowest BCUT2D eigenvalue weighted by Crippen LogP contribution is -2.21. The predicted molar refractivity (Wildman–Crippen MR) is 93.7 cm³/mol. The van der Waals surface area contributed by atoms with Crippen molar-refractivity contribution < 1.29 is 9.18 Å². The Morgan fingerprint density at radius 2 is 1.70 bits per heavy atom. The third-order valence-corrected chi connectivity index (χ3v) is 3.70. The van der Waals surface area contributed by atoms with Crippen molar-refractivity contribution in [2.75, 3.05) is 17.2 Å². The standard InChI is InChI=1S/C18H20ClFN2O/c1-18(2,3)12-4-6-13(7-5-12)22-17(23)11-21-14-8-9-16(20)15(19)10-14/h4-10,21H,11H2,1-3H3,(H,22,23). The molecule has 0 heterocycles. The van der Waals surface area contributed by atoms with E-state index in [0.29, 0.717) is 5.69 Å². The highest BCUT2D eigenvalue weighted by atomic mass is 35.5. The van der Waals surface area contributed by atoms with Crippen LogP contribution in [0.3, 0.4) is 0 Å². The van der Waals surface area contributed by atoms with Crippen LogP contribution in [0.15, 0.2) is 42.5 Å². The zero-order valence-corrected chi connectivity index (χ0v) is 14.2. The van der Waals surface area contributed by atoms with E-state index in [1.807, 2.05) is 24.3 Å². The first-order valence-corrected chi connectivity index (χ1v) is 7.73. The molecule has 0 aliphatic heterocycles. The lowest BCUT2D eigenvalue weighted by molar-refractivity contribution is -0.114. The molecule has 0 saturated carbocycles. The lowest BCUT2D eigenvalue weighted by atomic mass is 9.87. The summed E-state index contributed by atoms with van der Waals surface area (Å²) in [7, 11) is 0. The summed E-state index contributed by atoms with van der Waals surface area (Å²) >= 11 is 5.69. The topological polar surface area (TPSA) is 41.1 Å². The number of anilines is 2. The van der Waals surface area contributed by atoms with Gasteiger partial charge in [-0.15, -0.1) is 0 Å². The van der Waals surface area contributed by atoms with Crippen LogP contribution in [0.5, 0.6) is 0 Å². The summed E-state index contributed by atoms with van der Waals surface area (Å²) in [6.07, 6.45) is 0. The predicted octanol–water partition coefficient (Wildman–Crippen LogP) is 4.83. The van der Waals surface area contributed by atoms with Gasteiger partial charge in [0.25, 0.3) is 0 Å². The number of carbonyl (C=O) groups excluding carboxylic acids is 1. The van der Waals surface area contributed by atoms with Crippen LogP contribution < -0.4 is 10.6 Å². The van der Waals surface area contributed by atoms with Crippen LogP contribution in [0.25, 0.3) is 0 Å². The van der Waals surface area contributed by atoms with Crippen molar-refractivity contribution >= 4 is 28.9 Å². The van der Waals surface area contributed by atoms with E-state index in [4.69, 9.17) is 11.6 Å². The Balaban J connectivity index is 1.90. The van der Waals surface area contributed by atoms with Crippen LogP contribution in [0, 0.1) is 5.82 Å². The second-order valence-corrected chi connectivity index (χ2v) is 6.77. The molecule has 122 valence electrons. The van der Waals surface area contributed by atoms with Gasteiger partial charge in [0.1, 0.15) is 5.82 Å². The van der Waals surface area contributed by atoms with Gasteiger partial charge in [-0.05, 0) is 41.3 Å². The normalized spacial score (nSPS) is 11.2. The molecule has 0 radical (unpaired) electrons. The molecule has 2 aromatic carbocycles. The maximum absolute atomic E-state index is 13.1. The molecule has 5 heteroatoms. The van der Waals surface area contributed by atoms with Crippen LogP contribution in [-0.4, -0.2) is 12.5 Å². The first kappa shape index (κ1) is 17.3. The molecule has 0 aliphatic rings. The Labute approximate surface area is 140 Å². The number of rotatable bonds is 4. The number of halogens is 2. The van der Waals surface area contributed by atoms with Gasteiger partial charge in [0.2, 0.25) is 5.91 Å². The van der Waals surface area contributed by atoms with E-state index in [0.717, 1.165) is 5.69 Å². The van der Waals surface area contributed by atoms with E-state index in [9.17, 15) is 9.18 Å². The molecule has 0 bridgehead atoms. The average Bonchev–Trinajstić information content (AvgIpc) is 2.48. The quantitative estimate of drug-likeness (QED) is 0.841. The Morgan fingerprint density at radius 1 is 1.09 bits per heavy atom. The summed E-state index contributed by atoms with van der Waals surface area (Å²) in [5.41, 5.74) is 2.61. The molecule has 0 unspecified atom stereocenters. The SMILES string of the molecule is CC(C)(C)c1ccc(NC(=O)CNc2ccc(F)c(Cl)c2)cc1. The highest BCUT2D eigenvalue weighted by molar-refractivity contribution is 6.31. The molecule has 2 N–H and O–H groups in total. The van der Waals surface area contributed by atoms with Crippen molar-refractivity contribution in [2.45, 2.75) is 26.2 Å². The Hall–Kier alpha value is -2.07. The average molecular weight is 335 g/mol. The monoisotopic (exact) mass is 334 g/mol. The number of hydrogen-bond acceptors (Lipinski definition) is 2. The minimum atomic E-state index is -0.486. The van der Waals surface area contributed by atoms with E-state index in [-0.39, 0.29) is 22.9 Å². The molecular weight excluding hydrogens is 315 g/mol. The van der Waals surface area contributed by atoms with Crippen molar-refractivity contribution in [1.82, 2.24) is 0 Å². The lowest BCUT2D eigenvalue weighted by Gasteiger charge is -2.19. The summed E-state index contributed by atoms with van der Waals surface area (Å²) < 4.78 is 13.1. The van der Waals surface area contributed by atoms with E-state index < -0.39 is 5.82 Å². The zero-order chi connectivity index (χ0) is 17.0. The van der Waals surface area contributed by atoms with E-state index >= 15 is 0 Å². The van der Waals surface area contributed by atoms with E-state index in [2.05, 4.69) is 31.4 Å². The fraction of sp³-hybridized carbons (Fsp3) is 0.278. The third-order valence-electron chi connectivity index (χ3n) is 3.41. The van der Waals surface area contributed by atoms with Gasteiger partial charge in [0.15, 0.2) is 0 Å². The molecule has 1 amide bonds. The highest BCUT2D eigenvalue weighted by Gasteiger charge is 2.13. The van der Waals surface area contributed by atoms with Crippen molar-refractivity contribution in [3.05, 3.63) is 58.9 Å². The second kappa shape index (κ2) is 7.01. The number of carbonyl (C=O) groups is 1. The Kier molecular flexibility index (Phi) is 5.26. The Morgan fingerprint density at radius 3 is 2.26 bits per heavy atom. The summed E-state index contributed by atoms with van der Waals surface area (Å²) in [5.74, 6) is -0.672. The van der Waals surface area contributed by atoms with Gasteiger partial charge in [0.05, 0.1) is 11.6 Å². The minimum absolute atomic E-state index is 0.0215. The van der Waals surface area contributed by atoms with Crippen LogP contribution >= 0.6 is 11.6 Å². The fourth-order valence-corrected chi connectivity index (χ4v) is 2.23. The summed E-state index contributed by atoms with van der Waals surface area (Å²) in [6, 6.07) is 12.0. The molecule has 23 heavy (non-hydrogen) atoms. The van der Waals surface area contributed by atoms with Crippen molar-refractivity contribution in [3.63, 3.8) is 0 Å². The van der Waals surface area contributed by atoms with Crippen molar-refractivity contribution in [2.24, 2.45) is 0 Å². The first-order valence-electron chi connectivity index (χ1n) is 7.35. The smallest absolute Gasteiger partial charge is 0.243 e. The van der Waals surface area contributed by atoms with Gasteiger partial charge in [-0.25, -0.2) is 4.39 Å². The second-order valence-electron chi connectivity index (χ2n) is 6.36. The molecular formula is C18H20ClFN2O. The van der Waals surface area contributed by atoms with Crippen LogP contribution in [0.2, 0.25) is 5.02 Å². The number of benzene rings is 2. The highest BCUT2D eigenvalue weighted by Crippen LogP contribution is 2.23. The maximum atomic E-state index is 13.1. The first-order chi connectivity index (χ1) is 10.8. The zero-order valence-electron chi connectivity index (χ0n) is 13.4. The Bertz CT molecular complexity index is 693. The van der Waals surface area contributed by atoms with Gasteiger partial charge in [-0.1, -0.05) is 44.5 Å². The number of amides is 1. The van der Waals surface area contributed by atoms with Crippen molar-refractivity contribution in [1.29, 1.82) is 0 Å². The number of hydrogen-bond donors (Lipinski definition) is 2. The van der Waals surface area contributed by atoms with Gasteiger partial charge in [0, 0.05) is 11.4 Å². The van der Waals surface area contributed by atoms with Crippen LogP contribution in [0.4, 0.5) is 15.8 Å². The molecule has 0 aliphatic carbocycles. The van der Waals surface area contributed by atoms with Gasteiger partial charge in [-0.3, -0.25) is 4.79 Å². The number of nitrogens with one attached hydrogen (secondary N) is 2. The molecule has 0 fully saturated rings. The summed E-state index contributed by atoms with van der Waals surface area (Å²) in [6.45, 7) is 6.48. The van der Waals surface area contributed by atoms with Crippen LogP contribution in [-0.2, 0) is 10.2 Å². The van der Waals surface area contributed by atoms with Crippen LogP contribution in [0.1, 0.15) is 26.3 Å². The molecule has 0 atom stereocenters. The van der Waals surface area contributed by atoms with Crippen molar-refractivity contribution in [3.8, 4) is 0 Å². The minimum Gasteiger partial charge on any atom is -0.376 e.